The van der Waals surface area contributed by atoms with Gasteiger partial charge in [-0.3, -0.25) is 4.79 Å². The van der Waals surface area contributed by atoms with Crippen molar-refractivity contribution in [2.24, 2.45) is 0 Å². The fourth-order valence-electron chi connectivity index (χ4n) is 2.12. The molecule has 0 fully saturated rings. The molecular weight excluding hydrogens is 372 g/mol. The Morgan fingerprint density at radius 1 is 1.00 bits per heavy atom. The summed E-state index contributed by atoms with van der Waals surface area (Å²) in [6.07, 6.45) is 2.26. The highest BCUT2D eigenvalue weighted by molar-refractivity contribution is 6.07. The number of hydrogen-bond acceptors (Lipinski definition) is 5. The van der Waals surface area contributed by atoms with Gasteiger partial charge < -0.3 is 19.3 Å². The second-order valence-electron chi connectivity index (χ2n) is 5.04. The number of hydrogen-bond donors (Lipinski definition) is 1. The van der Waals surface area contributed by atoms with Crippen LogP contribution in [0.4, 0.5) is 17.6 Å². The van der Waals surface area contributed by atoms with Crippen LogP contribution in [0.15, 0.2) is 42.5 Å². The predicted octanol–water partition coefficient (Wildman–Crippen LogP) is 4.50. The summed E-state index contributed by atoms with van der Waals surface area (Å²) in [5.41, 5.74) is 0.228. The van der Waals surface area contributed by atoms with E-state index in [1.165, 1.54) is 37.5 Å². The summed E-state index contributed by atoms with van der Waals surface area (Å²) in [4.78, 5) is 12.2. The summed E-state index contributed by atoms with van der Waals surface area (Å²) in [6.45, 7) is -6.33. The summed E-state index contributed by atoms with van der Waals surface area (Å²) in [6, 6.07) is 7.10. The summed E-state index contributed by atoms with van der Waals surface area (Å²) >= 11 is 0. The molecule has 2 aromatic rings. The van der Waals surface area contributed by atoms with Crippen molar-refractivity contribution < 1.29 is 41.7 Å². The van der Waals surface area contributed by atoms with Crippen LogP contribution in [-0.4, -0.2) is 31.2 Å². The molecule has 0 heterocycles. The van der Waals surface area contributed by atoms with Gasteiger partial charge in [-0.25, -0.2) is 0 Å². The van der Waals surface area contributed by atoms with Crippen molar-refractivity contribution >= 4 is 11.9 Å². The second-order valence-corrected chi connectivity index (χ2v) is 5.04. The number of rotatable bonds is 8. The van der Waals surface area contributed by atoms with Gasteiger partial charge in [-0.15, -0.1) is 0 Å². The Morgan fingerprint density at radius 2 is 1.70 bits per heavy atom. The Balaban J connectivity index is 2.27. The number of ether oxygens (including phenoxy) is 3. The van der Waals surface area contributed by atoms with Crippen LogP contribution in [0.5, 0.6) is 23.0 Å². The number of alkyl halides is 4. The number of methoxy groups -OCH3 is 1. The van der Waals surface area contributed by atoms with Crippen LogP contribution in [0.1, 0.15) is 15.9 Å². The molecule has 0 spiro atoms. The molecule has 2 aromatic carbocycles. The van der Waals surface area contributed by atoms with Gasteiger partial charge in [-0.2, -0.15) is 17.6 Å². The van der Waals surface area contributed by atoms with Gasteiger partial charge in [0, 0.05) is 17.2 Å². The third kappa shape index (κ3) is 5.63. The lowest BCUT2D eigenvalue weighted by molar-refractivity contribution is -0.0543. The van der Waals surface area contributed by atoms with Crippen LogP contribution >= 0.6 is 0 Å². The van der Waals surface area contributed by atoms with E-state index in [-0.39, 0.29) is 28.4 Å². The van der Waals surface area contributed by atoms with Gasteiger partial charge in [0.2, 0.25) is 0 Å². The SMILES string of the molecule is COc1cc(C(=O)/C=C/c2ccc(OC(F)F)cc2OC(F)F)ccc1O. The monoisotopic (exact) mass is 386 g/mol. The average molecular weight is 386 g/mol. The van der Waals surface area contributed by atoms with Crippen LogP contribution in [0, 0.1) is 0 Å². The van der Waals surface area contributed by atoms with Crippen molar-refractivity contribution in [3.63, 3.8) is 0 Å². The molecule has 0 aliphatic heterocycles. The highest BCUT2D eigenvalue weighted by atomic mass is 19.3. The van der Waals surface area contributed by atoms with Crippen LogP contribution < -0.4 is 14.2 Å². The van der Waals surface area contributed by atoms with E-state index in [9.17, 15) is 27.5 Å². The van der Waals surface area contributed by atoms with E-state index in [1.807, 2.05) is 0 Å². The summed E-state index contributed by atoms with van der Waals surface area (Å²) in [7, 11) is 1.32. The summed E-state index contributed by atoms with van der Waals surface area (Å²) in [5.74, 6) is -1.38. The Hall–Kier alpha value is -3.23. The number of halogens is 4. The molecule has 0 aliphatic carbocycles. The molecule has 9 heteroatoms. The fourth-order valence-corrected chi connectivity index (χ4v) is 2.12. The molecule has 0 aromatic heterocycles. The quantitative estimate of drug-likeness (QED) is 0.411. The minimum atomic E-state index is -3.20. The smallest absolute Gasteiger partial charge is 0.387 e. The average Bonchev–Trinajstić information content (AvgIpc) is 2.60. The van der Waals surface area contributed by atoms with Gasteiger partial charge >= 0.3 is 13.2 Å². The first-order valence-electron chi connectivity index (χ1n) is 7.43. The van der Waals surface area contributed by atoms with Crippen LogP contribution in [0.3, 0.4) is 0 Å². The largest absolute Gasteiger partial charge is 0.504 e. The van der Waals surface area contributed by atoms with Crippen molar-refractivity contribution in [3.05, 3.63) is 53.6 Å². The molecule has 0 bridgehead atoms. The Bertz CT molecular complexity index is 836. The lowest BCUT2D eigenvalue weighted by Gasteiger charge is -2.11. The van der Waals surface area contributed by atoms with Gasteiger partial charge in [0.1, 0.15) is 11.5 Å². The van der Waals surface area contributed by atoms with Crippen LogP contribution in [0.25, 0.3) is 6.08 Å². The minimum absolute atomic E-state index is 0.0519. The van der Waals surface area contributed by atoms with E-state index < -0.39 is 24.8 Å². The molecule has 0 unspecified atom stereocenters. The van der Waals surface area contributed by atoms with Crippen molar-refractivity contribution in [1.82, 2.24) is 0 Å². The molecule has 0 atom stereocenters. The molecule has 0 radical (unpaired) electrons. The zero-order valence-corrected chi connectivity index (χ0v) is 13.9. The van der Waals surface area contributed by atoms with E-state index in [1.54, 1.807) is 0 Å². The third-order valence-electron chi connectivity index (χ3n) is 3.30. The predicted molar refractivity (Wildman–Crippen MR) is 87.7 cm³/mol. The van der Waals surface area contributed by atoms with Crippen molar-refractivity contribution in [1.29, 1.82) is 0 Å². The number of aromatic hydroxyl groups is 1. The van der Waals surface area contributed by atoms with E-state index in [4.69, 9.17) is 4.74 Å². The molecule has 27 heavy (non-hydrogen) atoms. The number of carbonyl (C=O) groups is 1. The highest BCUT2D eigenvalue weighted by Crippen LogP contribution is 2.29. The Labute approximate surface area is 151 Å². The normalized spacial score (nSPS) is 11.2. The first-order valence-corrected chi connectivity index (χ1v) is 7.43. The number of carbonyl (C=O) groups excluding carboxylic acids is 1. The molecule has 2 rings (SSSR count). The molecule has 144 valence electrons. The first-order chi connectivity index (χ1) is 12.8. The van der Waals surface area contributed by atoms with Crippen LogP contribution in [-0.2, 0) is 0 Å². The van der Waals surface area contributed by atoms with E-state index in [0.717, 1.165) is 18.2 Å². The number of ketones is 1. The number of phenolic OH excluding ortho intramolecular Hbond substituents is 1. The lowest BCUT2D eigenvalue weighted by atomic mass is 10.1. The number of allylic oxidation sites excluding steroid dienone is 1. The van der Waals surface area contributed by atoms with E-state index in [0.29, 0.717) is 0 Å². The molecular formula is C18H14F4O5. The topological polar surface area (TPSA) is 65.0 Å². The molecule has 5 nitrogen and oxygen atoms in total. The summed E-state index contributed by atoms with van der Waals surface area (Å²) in [5, 5.41) is 9.53. The van der Waals surface area contributed by atoms with Gasteiger partial charge in [0.25, 0.3) is 0 Å². The standard InChI is InChI=1S/C18H14F4O5/c1-25-16-8-11(4-7-14(16)24)13(23)6-3-10-2-5-12(26-17(19)20)9-15(10)27-18(21)22/h2-9,17-18,24H,1H3/b6-3+. The second kappa shape index (κ2) is 8.93. The van der Waals surface area contributed by atoms with Crippen LogP contribution in [0.2, 0.25) is 0 Å². The highest BCUT2D eigenvalue weighted by Gasteiger charge is 2.13. The molecule has 0 amide bonds. The summed E-state index contributed by atoms with van der Waals surface area (Å²) < 4.78 is 62.9. The number of benzene rings is 2. The zero-order valence-electron chi connectivity index (χ0n) is 13.9. The Kier molecular flexibility index (Phi) is 6.64. The molecule has 0 saturated carbocycles. The fraction of sp³-hybridized carbons (Fsp3) is 0.167. The van der Waals surface area contributed by atoms with E-state index >= 15 is 0 Å². The maximum Gasteiger partial charge on any atom is 0.387 e. The molecule has 0 saturated heterocycles. The Morgan fingerprint density at radius 3 is 2.33 bits per heavy atom. The zero-order chi connectivity index (χ0) is 20.0. The maximum atomic E-state index is 12.5. The maximum absolute atomic E-state index is 12.5. The number of phenols is 1. The van der Waals surface area contributed by atoms with E-state index in [2.05, 4.69) is 9.47 Å². The van der Waals surface area contributed by atoms with Crippen molar-refractivity contribution in [2.45, 2.75) is 13.2 Å². The minimum Gasteiger partial charge on any atom is -0.504 e. The lowest BCUT2D eigenvalue weighted by Crippen LogP contribution is -2.06. The van der Waals surface area contributed by atoms with Gasteiger partial charge in [-0.05, 0) is 42.5 Å². The van der Waals surface area contributed by atoms with Gasteiger partial charge in [0.15, 0.2) is 17.3 Å². The van der Waals surface area contributed by atoms with Crippen molar-refractivity contribution in [3.8, 4) is 23.0 Å². The third-order valence-corrected chi connectivity index (χ3v) is 3.30. The molecule has 1 N–H and O–H groups in total. The van der Waals surface area contributed by atoms with Gasteiger partial charge in [-0.1, -0.05) is 0 Å². The molecule has 0 aliphatic rings. The van der Waals surface area contributed by atoms with Crippen molar-refractivity contribution in [2.75, 3.05) is 7.11 Å². The van der Waals surface area contributed by atoms with Gasteiger partial charge in [0.05, 0.1) is 7.11 Å². The first kappa shape index (κ1) is 20.1.